The number of hydrogen-bond acceptors (Lipinski definition) is 5. The molecule has 0 saturated heterocycles. The molecule has 0 amide bonds. The summed E-state index contributed by atoms with van der Waals surface area (Å²) in [7, 11) is 0. The van der Waals surface area contributed by atoms with Crippen molar-refractivity contribution < 1.29 is 0 Å². The van der Waals surface area contributed by atoms with Crippen molar-refractivity contribution in [3.05, 3.63) is 89.6 Å². The molecule has 0 bridgehead atoms. The third-order valence-corrected chi connectivity index (χ3v) is 3.86. The molecule has 3 heterocycles. The first kappa shape index (κ1) is 16.9. The van der Waals surface area contributed by atoms with Crippen LogP contribution in [0.3, 0.4) is 0 Å². The number of anilines is 1. The molecule has 0 radical (unpaired) electrons. The first-order valence-corrected chi connectivity index (χ1v) is 8.21. The Balaban J connectivity index is 1.70. The van der Waals surface area contributed by atoms with Crippen LogP contribution in [0.5, 0.6) is 0 Å². The second-order valence-electron chi connectivity index (χ2n) is 5.43. The summed E-state index contributed by atoms with van der Waals surface area (Å²) in [6.45, 7) is 5.41. The number of nitrogens with zero attached hydrogens (tertiary/aromatic N) is 3. The van der Waals surface area contributed by atoms with Gasteiger partial charge in [0.15, 0.2) is 0 Å². The molecule has 0 fully saturated rings. The second kappa shape index (κ2) is 8.26. The minimum Gasteiger partial charge on any atom is -0.381 e. The van der Waals surface area contributed by atoms with Gasteiger partial charge >= 0.3 is 0 Å². The van der Waals surface area contributed by atoms with Crippen molar-refractivity contribution in [3.63, 3.8) is 0 Å². The van der Waals surface area contributed by atoms with Crippen LogP contribution in [0.2, 0.25) is 5.15 Å². The Morgan fingerprint density at radius 3 is 2.12 bits per heavy atom. The maximum Gasteiger partial charge on any atom is 0.137 e. The minimum absolute atomic E-state index is 0.433. The molecule has 0 atom stereocenters. The lowest BCUT2D eigenvalue weighted by atomic mass is 10.2. The summed E-state index contributed by atoms with van der Waals surface area (Å²) >= 11 is 6.06. The van der Waals surface area contributed by atoms with Crippen molar-refractivity contribution in [1.29, 1.82) is 0 Å². The fourth-order valence-electron chi connectivity index (χ4n) is 2.30. The number of aromatic nitrogens is 3. The van der Waals surface area contributed by atoms with Crippen LogP contribution in [0.15, 0.2) is 67.8 Å². The maximum atomic E-state index is 6.06. The van der Waals surface area contributed by atoms with Gasteiger partial charge in [-0.15, -0.1) is 0 Å². The second-order valence-corrected chi connectivity index (χ2v) is 5.81. The van der Waals surface area contributed by atoms with Gasteiger partial charge in [0.2, 0.25) is 0 Å². The van der Waals surface area contributed by atoms with Crippen LogP contribution in [0.1, 0.15) is 16.7 Å². The van der Waals surface area contributed by atoms with E-state index < -0.39 is 0 Å². The lowest BCUT2D eigenvalue weighted by molar-refractivity contribution is 0.887. The highest BCUT2D eigenvalue weighted by Gasteiger charge is 2.09. The Morgan fingerprint density at radius 2 is 1.48 bits per heavy atom. The van der Waals surface area contributed by atoms with Crippen molar-refractivity contribution in [3.8, 4) is 0 Å². The normalized spacial score (nSPS) is 10.3. The van der Waals surface area contributed by atoms with Crippen LogP contribution < -0.4 is 10.6 Å². The zero-order chi connectivity index (χ0) is 17.5. The van der Waals surface area contributed by atoms with Crippen LogP contribution in [-0.2, 0) is 13.1 Å². The summed E-state index contributed by atoms with van der Waals surface area (Å²) in [5.74, 6) is 0.691. The fourth-order valence-corrected chi connectivity index (χ4v) is 2.45. The summed E-state index contributed by atoms with van der Waals surface area (Å²) in [6, 6.07) is 11.5. The molecule has 3 aromatic heterocycles. The van der Waals surface area contributed by atoms with E-state index in [4.69, 9.17) is 11.6 Å². The van der Waals surface area contributed by atoms with Gasteiger partial charge in [-0.1, -0.05) is 18.2 Å². The van der Waals surface area contributed by atoms with E-state index in [0.29, 0.717) is 24.1 Å². The Kier molecular flexibility index (Phi) is 5.59. The molecule has 6 heteroatoms. The summed E-state index contributed by atoms with van der Waals surface area (Å²) in [5, 5.41) is 7.07. The lowest BCUT2D eigenvalue weighted by Gasteiger charge is -2.15. The summed E-state index contributed by atoms with van der Waals surface area (Å²) in [4.78, 5) is 12.4. The zero-order valence-electron chi connectivity index (χ0n) is 13.6. The monoisotopic (exact) mass is 351 g/mol. The van der Waals surface area contributed by atoms with Crippen molar-refractivity contribution in [2.24, 2.45) is 0 Å². The Labute approximate surface area is 151 Å². The SMILES string of the molecule is C=C(NCc1ccncc1)c1ccc(Cl)nc1NCc1ccncc1. The van der Waals surface area contributed by atoms with E-state index in [1.807, 2.05) is 30.3 Å². The predicted octanol–water partition coefficient (Wildman–Crippen LogP) is 3.90. The van der Waals surface area contributed by atoms with Crippen molar-refractivity contribution in [1.82, 2.24) is 20.3 Å². The molecule has 0 aliphatic carbocycles. The van der Waals surface area contributed by atoms with Gasteiger partial charge in [-0.05, 0) is 47.5 Å². The van der Waals surface area contributed by atoms with Crippen LogP contribution in [0.25, 0.3) is 5.70 Å². The minimum atomic E-state index is 0.433. The number of pyridine rings is 3. The lowest BCUT2D eigenvalue weighted by Crippen LogP contribution is -2.13. The highest BCUT2D eigenvalue weighted by molar-refractivity contribution is 6.29. The average molecular weight is 352 g/mol. The molecule has 3 rings (SSSR count). The van der Waals surface area contributed by atoms with Gasteiger partial charge < -0.3 is 10.6 Å². The van der Waals surface area contributed by atoms with Crippen LogP contribution in [0.4, 0.5) is 5.82 Å². The highest BCUT2D eigenvalue weighted by Crippen LogP contribution is 2.22. The number of halogens is 1. The summed E-state index contributed by atoms with van der Waals surface area (Å²) < 4.78 is 0. The van der Waals surface area contributed by atoms with E-state index in [9.17, 15) is 0 Å². The summed E-state index contributed by atoms with van der Waals surface area (Å²) in [5.41, 5.74) is 3.90. The molecule has 0 saturated carbocycles. The zero-order valence-corrected chi connectivity index (χ0v) is 14.4. The van der Waals surface area contributed by atoms with Crippen molar-refractivity contribution in [2.45, 2.75) is 13.1 Å². The van der Waals surface area contributed by atoms with E-state index in [2.05, 4.69) is 32.2 Å². The smallest absolute Gasteiger partial charge is 0.137 e. The van der Waals surface area contributed by atoms with Crippen molar-refractivity contribution >= 4 is 23.1 Å². The average Bonchev–Trinajstić information content (AvgIpc) is 2.66. The highest BCUT2D eigenvalue weighted by atomic mass is 35.5. The van der Waals surface area contributed by atoms with Gasteiger partial charge in [-0.2, -0.15) is 0 Å². The maximum absolute atomic E-state index is 6.06. The molecule has 0 aliphatic heterocycles. The molecule has 126 valence electrons. The molecular weight excluding hydrogens is 334 g/mol. The Morgan fingerprint density at radius 1 is 0.880 bits per heavy atom. The fraction of sp³-hybridized carbons (Fsp3) is 0.105. The molecule has 0 unspecified atom stereocenters. The van der Waals surface area contributed by atoms with E-state index in [1.54, 1.807) is 30.9 Å². The van der Waals surface area contributed by atoms with E-state index in [-0.39, 0.29) is 0 Å². The molecule has 0 aromatic carbocycles. The van der Waals surface area contributed by atoms with Crippen molar-refractivity contribution in [2.75, 3.05) is 5.32 Å². The first-order chi connectivity index (χ1) is 12.2. The summed E-state index contributed by atoms with van der Waals surface area (Å²) in [6.07, 6.45) is 7.06. The van der Waals surface area contributed by atoms with E-state index in [0.717, 1.165) is 22.4 Å². The number of rotatable bonds is 7. The molecular formula is C19H18ClN5. The topological polar surface area (TPSA) is 62.7 Å². The van der Waals surface area contributed by atoms with Gasteiger partial charge in [-0.25, -0.2) is 4.98 Å². The van der Waals surface area contributed by atoms with Crippen LogP contribution in [0, 0.1) is 0 Å². The number of nitrogens with one attached hydrogen (secondary N) is 2. The third kappa shape index (κ3) is 4.78. The predicted molar refractivity (Wildman–Crippen MR) is 101 cm³/mol. The van der Waals surface area contributed by atoms with Crippen LogP contribution in [-0.4, -0.2) is 15.0 Å². The molecule has 5 nitrogen and oxygen atoms in total. The first-order valence-electron chi connectivity index (χ1n) is 7.84. The Bertz CT molecular complexity index is 837. The molecule has 0 aliphatic rings. The van der Waals surface area contributed by atoms with Gasteiger partial charge in [0, 0.05) is 49.1 Å². The molecule has 3 aromatic rings. The van der Waals surface area contributed by atoms with E-state index in [1.165, 1.54) is 0 Å². The quantitative estimate of drug-likeness (QED) is 0.632. The van der Waals surface area contributed by atoms with Crippen LogP contribution >= 0.6 is 11.6 Å². The molecule has 25 heavy (non-hydrogen) atoms. The third-order valence-electron chi connectivity index (χ3n) is 3.65. The Hall–Kier alpha value is -2.92. The molecule has 2 N–H and O–H groups in total. The van der Waals surface area contributed by atoms with Gasteiger partial charge in [0.1, 0.15) is 11.0 Å². The largest absolute Gasteiger partial charge is 0.381 e. The number of hydrogen-bond donors (Lipinski definition) is 2. The molecule has 0 spiro atoms. The van der Waals surface area contributed by atoms with Gasteiger partial charge in [0.05, 0.1) is 0 Å². The van der Waals surface area contributed by atoms with Gasteiger partial charge in [0.25, 0.3) is 0 Å². The standard InChI is InChI=1S/C19H18ClN5/c1-14(23-12-15-4-8-21-9-5-15)17-2-3-18(20)25-19(17)24-13-16-6-10-22-11-7-16/h2-11,23H,1,12-13H2,(H,24,25). The van der Waals surface area contributed by atoms with Gasteiger partial charge in [-0.3, -0.25) is 9.97 Å². The van der Waals surface area contributed by atoms with E-state index >= 15 is 0 Å².